The molecular weight excluding hydrogens is 206 g/mol. The second-order valence-corrected chi connectivity index (χ2v) is 5.32. The van der Waals surface area contributed by atoms with Crippen molar-refractivity contribution in [2.24, 2.45) is 11.7 Å². The lowest BCUT2D eigenvalue weighted by molar-refractivity contribution is 0.640. The van der Waals surface area contributed by atoms with Crippen LogP contribution in [0.4, 0.5) is 0 Å². The zero-order valence-corrected chi connectivity index (χ0v) is 10.4. The lowest BCUT2D eigenvalue weighted by Crippen LogP contribution is -2.07. The molecule has 0 spiro atoms. The van der Waals surface area contributed by atoms with E-state index in [4.69, 9.17) is 5.73 Å². The summed E-state index contributed by atoms with van der Waals surface area (Å²) in [7, 11) is 0. The van der Waals surface area contributed by atoms with Gasteiger partial charge in [-0.1, -0.05) is 32.5 Å². The van der Waals surface area contributed by atoms with Crippen molar-refractivity contribution in [2.45, 2.75) is 37.6 Å². The first kappa shape index (κ1) is 12.5. The van der Waals surface area contributed by atoms with E-state index in [1.165, 1.54) is 0 Å². The smallest absolute Gasteiger partial charge is 0.187 e. The molecule has 0 aliphatic carbocycles. The highest BCUT2D eigenvalue weighted by Gasteiger charge is 2.10. The normalized spacial score (nSPS) is 13.1. The first-order valence-corrected chi connectivity index (χ1v) is 6.19. The third-order valence-corrected chi connectivity index (χ3v) is 3.68. The van der Waals surface area contributed by atoms with Crippen molar-refractivity contribution in [3.63, 3.8) is 0 Å². The monoisotopic (exact) mass is 225 g/mol. The van der Waals surface area contributed by atoms with Gasteiger partial charge in [-0.25, -0.2) is 9.97 Å². The number of hydrogen-bond acceptors (Lipinski definition) is 4. The molecule has 15 heavy (non-hydrogen) atoms. The number of hydrogen-bond donors (Lipinski definition) is 1. The molecule has 0 fully saturated rings. The fourth-order valence-corrected chi connectivity index (χ4v) is 1.83. The van der Waals surface area contributed by atoms with Crippen LogP contribution in [0.1, 0.15) is 26.3 Å². The van der Waals surface area contributed by atoms with E-state index >= 15 is 0 Å². The lowest BCUT2D eigenvalue weighted by Gasteiger charge is -2.13. The van der Waals surface area contributed by atoms with Gasteiger partial charge in [0.1, 0.15) is 0 Å². The Hall–Kier alpha value is -0.610. The van der Waals surface area contributed by atoms with Crippen molar-refractivity contribution in [3.8, 4) is 0 Å². The second-order valence-electron chi connectivity index (χ2n) is 3.98. The molecule has 0 amide bonds. The van der Waals surface area contributed by atoms with E-state index in [9.17, 15) is 0 Å². The molecule has 0 radical (unpaired) electrons. The van der Waals surface area contributed by atoms with Crippen molar-refractivity contribution in [1.29, 1.82) is 0 Å². The Morgan fingerprint density at radius 1 is 1.27 bits per heavy atom. The quantitative estimate of drug-likeness (QED) is 0.616. The first-order chi connectivity index (χ1) is 7.13. The maximum Gasteiger partial charge on any atom is 0.187 e. The van der Waals surface area contributed by atoms with Crippen molar-refractivity contribution in [1.82, 2.24) is 9.97 Å². The molecule has 1 unspecified atom stereocenters. The van der Waals surface area contributed by atoms with E-state index in [2.05, 4.69) is 30.7 Å². The molecule has 1 aromatic rings. The summed E-state index contributed by atoms with van der Waals surface area (Å²) in [5.74, 6) is 0.641. The van der Waals surface area contributed by atoms with Crippen LogP contribution in [0, 0.1) is 5.92 Å². The Bertz CT molecular complexity index is 284. The SMILES string of the molecule is CC(C)C(C)Sc1ncc(CCN)cn1. The van der Waals surface area contributed by atoms with Gasteiger partial charge in [-0.3, -0.25) is 0 Å². The molecule has 1 rings (SSSR count). The van der Waals surface area contributed by atoms with Gasteiger partial charge in [0.15, 0.2) is 5.16 Å². The molecule has 0 aliphatic heterocycles. The fourth-order valence-electron chi connectivity index (χ4n) is 1.00. The molecule has 2 N–H and O–H groups in total. The molecule has 84 valence electrons. The van der Waals surface area contributed by atoms with Gasteiger partial charge >= 0.3 is 0 Å². The number of thioether (sulfide) groups is 1. The summed E-state index contributed by atoms with van der Waals surface area (Å²) in [5.41, 5.74) is 6.57. The number of nitrogens with two attached hydrogens (primary N) is 1. The fraction of sp³-hybridized carbons (Fsp3) is 0.636. The molecule has 3 nitrogen and oxygen atoms in total. The van der Waals surface area contributed by atoms with E-state index in [0.29, 0.717) is 17.7 Å². The number of rotatable bonds is 5. The van der Waals surface area contributed by atoms with Crippen molar-refractivity contribution < 1.29 is 0 Å². The van der Waals surface area contributed by atoms with Crippen LogP contribution < -0.4 is 5.73 Å². The van der Waals surface area contributed by atoms with Gasteiger partial charge in [0.2, 0.25) is 0 Å². The van der Waals surface area contributed by atoms with E-state index in [1.807, 2.05) is 12.4 Å². The summed E-state index contributed by atoms with van der Waals surface area (Å²) in [4.78, 5) is 8.63. The minimum absolute atomic E-state index is 0.547. The van der Waals surface area contributed by atoms with Crippen LogP contribution in [0.15, 0.2) is 17.6 Å². The predicted octanol–water partition coefficient (Wildman–Crippen LogP) is 2.11. The molecule has 0 saturated carbocycles. The Kier molecular flexibility index (Phi) is 5.05. The average Bonchev–Trinajstić information content (AvgIpc) is 2.21. The van der Waals surface area contributed by atoms with Crippen LogP contribution in [0.5, 0.6) is 0 Å². The van der Waals surface area contributed by atoms with Gasteiger partial charge in [-0.15, -0.1) is 0 Å². The average molecular weight is 225 g/mol. The Balaban J connectivity index is 2.56. The van der Waals surface area contributed by atoms with E-state index in [0.717, 1.165) is 17.1 Å². The zero-order chi connectivity index (χ0) is 11.3. The third-order valence-electron chi connectivity index (χ3n) is 2.34. The molecule has 0 aromatic carbocycles. The van der Waals surface area contributed by atoms with Crippen LogP contribution >= 0.6 is 11.8 Å². The largest absolute Gasteiger partial charge is 0.330 e. The number of nitrogens with zero attached hydrogens (tertiary/aromatic N) is 2. The van der Waals surface area contributed by atoms with Crippen molar-refractivity contribution in [3.05, 3.63) is 18.0 Å². The Morgan fingerprint density at radius 3 is 2.33 bits per heavy atom. The minimum Gasteiger partial charge on any atom is -0.330 e. The highest BCUT2D eigenvalue weighted by Crippen LogP contribution is 2.24. The van der Waals surface area contributed by atoms with Crippen LogP contribution in [-0.2, 0) is 6.42 Å². The van der Waals surface area contributed by atoms with Gasteiger partial charge < -0.3 is 5.73 Å². The summed E-state index contributed by atoms with van der Waals surface area (Å²) in [5, 5.41) is 1.40. The topological polar surface area (TPSA) is 51.8 Å². The summed E-state index contributed by atoms with van der Waals surface area (Å²) in [6.07, 6.45) is 4.59. The molecule has 0 bridgehead atoms. The molecule has 0 aliphatic rings. The third kappa shape index (κ3) is 4.18. The second kappa shape index (κ2) is 6.08. The molecule has 0 saturated heterocycles. The molecule has 1 heterocycles. The van der Waals surface area contributed by atoms with Crippen LogP contribution in [0.25, 0.3) is 0 Å². The van der Waals surface area contributed by atoms with Gasteiger partial charge in [0.25, 0.3) is 0 Å². The maximum absolute atomic E-state index is 5.46. The van der Waals surface area contributed by atoms with Gasteiger partial charge in [0.05, 0.1) is 0 Å². The van der Waals surface area contributed by atoms with Crippen LogP contribution in [0.3, 0.4) is 0 Å². The van der Waals surface area contributed by atoms with Gasteiger partial charge in [0, 0.05) is 17.6 Å². The van der Waals surface area contributed by atoms with Crippen molar-refractivity contribution in [2.75, 3.05) is 6.54 Å². The summed E-state index contributed by atoms with van der Waals surface area (Å²) in [6, 6.07) is 0. The summed E-state index contributed by atoms with van der Waals surface area (Å²) >= 11 is 1.72. The minimum atomic E-state index is 0.547. The van der Waals surface area contributed by atoms with E-state index in [1.54, 1.807) is 11.8 Å². The summed E-state index contributed by atoms with van der Waals surface area (Å²) in [6.45, 7) is 7.27. The molecule has 1 aromatic heterocycles. The van der Waals surface area contributed by atoms with Crippen LogP contribution in [-0.4, -0.2) is 21.8 Å². The Labute approximate surface area is 95.9 Å². The highest BCUT2D eigenvalue weighted by molar-refractivity contribution is 7.99. The molecular formula is C11H19N3S. The Morgan fingerprint density at radius 2 is 1.87 bits per heavy atom. The van der Waals surface area contributed by atoms with Gasteiger partial charge in [-0.05, 0) is 24.4 Å². The molecule has 1 atom stereocenters. The lowest BCUT2D eigenvalue weighted by atomic mass is 10.2. The van der Waals surface area contributed by atoms with Gasteiger partial charge in [-0.2, -0.15) is 0 Å². The zero-order valence-electron chi connectivity index (χ0n) is 9.60. The number of aromatic nitrogens is 2. The van der Waals surface area contributed by atoms with E-state index in [-0.39, 0.29) is 0 Å². The first-order valence-electron chi connectivity index (χ1n) is 5.31. The highest BCUT2D eigenvalue weighted by atomic mass is 32.2. The predicted molar refractivity (Wildman–Crippen MR) is 64.9 cm³/mol. The standard InChI is InChI=1S/C11H19N3S/c1-8(2)9(3)15-11-13-6-10(4-5-12)7-14-11/h6-9H,4-5,12H2,1-3H3. The maximum atomic E-state index is 5.46. The van der Waals surface area contributed by atoms with Crippen LogP contribution in [0.2, 0.25) is 0 Å². The van der Waals surface area contributed by atoms with E-state index < -0.39 is 0 Å². The van der Waals surface area contributed by atoms with Crippen molar-refractivity contribution >= 4 is 11.8 Å². The summed E-state index contributed by atoms with van der Waals surface area (Å²) < 4.78 is 0. The molecule has 4 heteroatoms.